The third-order valence-electron chi connectivity index (χ3n) is 5.23. The average molecular weight is 318 g/mol. The van der Waals surface area contributed by atoms with Crippen LogP contribution < -0.4 is 5.32 Å². The van der Waals surface area contributed by atoms with Crippen LogP contribution in [0.3, 0.4) is 0 Å². The molecule has 5 nitrogen and oxygen atoms in total. The Bertz CT molecular complexity index is 411. The molecule has 1 aliphatic heterocycles. The van der Waals surface area contributed by atoms with Crippen LogP contribution in [0.15, 0.2) is 0 Å². The zero-order valence-electron chi connectivity index (χ0n) is 13.2. The normalized spacial score (nSPS) is 25.0. The Kier molecular flexibility index (Phi) is 6.05. The molecule has 0 spiro atoms. The predicted molar refractivity (Wildman–Crippen MR) is 84.7 cm³/mol. The lowest BCUT2D eigenvalue weighted by Gasteiger charge is -2.38. The summed E-state index contributed by atoms with van der Waals surface area (Å²) in [7, 11) is -3.03. The topological polar surface area (TPSA) is 69.6 Å². The van der Waals surface area contributed by atoms with Gasteiger partial charge in [-0.15, -0.1) is 0 Å². The molecule has 0 unspecified atom stereocenters. The van der Waals surface area contributed by atoms with E-state index in [9.17, 15) is 13.5 Å². The highest BCUT2D eigenvalue weighted by molar-refractivity contribution is 7.89. The van der Waals surface area contributed by atoms with Crippen molar-refractivity contribution in [1.82, 2.24) is 9.62 Å². The first-order chi connectivity index (χ1) is 10.0. The summed E-state index contributed by atoms with van der Waals surface area (Å²) in [6.07, 6.45) is 7.69. The predicted octanol–water partition coefficient (Wildman–Crippen LogP) is 1.33. The first kappa shape index (κ1) is 17.2. The molecular weight excluding hydrogens is 288 g/mol. The van der Waals surface area contributed by atoms with Crippen molar-refractivity contribution < 1.29 is 13.5 Å². The van der Waals surface area contributed by atoms with Gasteiger partial charge in [0.1, 0.15) is 0 Å². The molecule has 2 fully saturated rings. The van der Waals surface area contributed by atoms with Crippen LogP contribution in [-0.4, -0.2) is 55.9 Å². The number of piperidine rings is 1. The number of rotatable bonds is 6. The summed E-state index contributed by atoms with van der Waals surface area (Å²) in [5, 5.41) is 13.3. The number of hydrogen-bond acceptors (Lipinski definition) is 4. The minimum atomic E-state index is -3.03. The Morgan fingerprint density at radius 1 is 1.19 bits per heavy atom. The highest BCUT2D eigenvalue weighted by Gasteiger charge is 2.33. The molecule has 1 saturated carbocycles. The van der Waals surface area contributed by atoms with Crippen molar-refractivity contribution in [1.29, 1.82) is 0 Å². The van der Waals surface area contributed by atoms with Gasteiger partial charge in [0.2, 0.25) is 10.0 Å². The van der Waals surface area contributed by atoms with Crippen LogP contribution in [-0.2, 0) is 10.0 Å². The highest BCUT2D eigenvalue weighted by Crippen LogP contribution is 2.35. The molecule has 1 saturated heterocycles. The van der Waals surface area contributed by atoms with Gasteiger partial charge in [-0.25, -0.2) is 12.7 Å². The minimum Gasteiger partial charge on any atom is -0.396 e. The monoisotopic (exact) mass is 318 g/mol. The maximum absolute atomic E-state index is 11.8. The molecule has 0 aromatic carbocycles. The van der Waals surface area contributed by atoms with E-state index >= 15 is 0 Å². The lowest BCUT2D eigenvalue weighted by molar-refractivity contribution is 0.0759. The number of aliphatic hydroxyl groups excluding tert-OH is 1. The van der Waals surface area contributed by atoms with Gasteiger partial charge < -0.3 is 10.4 Å². The van der Waals surface area contributed by atoms with Gasteiger partial charge in [-0.2, -0.15) is 0 Å². The molecule has 0 bridgehead atoms. The van der Waals surface area contributed by atoms with Gasteiger partial charge in [-0.05, 0) is 32.6 Å². The molecule has 2 rings (SSSR count). The molecule has 1 heterocycles. The molecule has 0 amide bonds. The third kappa shape index (κ3) is 4.41. The summed E-state index contributed by atoms with van der Waals surface area (Å²) in [5.41, 5.74) is 0.0604. The quantitative estimate of drug-likeness (QED) is 0.775. The summed E-state index contributed by atoms with van der Waals surface area (Å²) in [6.45, 7) is 4.09. The fourth-order valence-corrected chi connectivity index (χ4v) is 4.71. The molecule has 0 radical (unpaired) electrons. The maximum Gasteiger partial charge on any atom is 0.213 e. The Balaban J connectivity index is 1.78. The van der Waals surface area contributed by atoms with Crippen LogP contribution in [0, 0.1) is 5.41 Å². The van der Waals surface area contributed by atoms with Crippen molar-refractivity contribution in [2.24, 2.45) is 5.41 Å². The molecule has 124 valence electrons. The Morgan fingerprint density at radius 2 is 1.81 bits per heavy atom. The Hall–Kier alpha value is -0.170. The van der Waals surface area contributed by atoms with E-state index in [2.05, 4.69) is 5.32 Å². The third-order valence-corrected chi connectivity index (χ3v) is 7.11. The van der Waals surface area contributed by atoms with Gasteiger partial charge in [-0.3, -0.25) is 0 Å². The van der Waals surface area contributed by atoms with E-state index in [0.29, 0.717) is 19.1 Å². The van der Waals surface area contributed by atoms with E-state index in [-0.39, 0.29) is 17.8 Å². The number of hydrogen-bond donors (Lipinski definition) is 2. The van der Waals surface area contributed by atoms with Gasteiger partial charge in [0.05, 0.1) is 5.75 Å². The lowest BCUT2D eigenvalue weighted by atomic mass is 9.74. The van der Waals surface area contributed by atoms with E-state index in [1.54, 1.807) is 11.2 Å². The van der Waals surface area contributed by atoms with E-state index in [4.69, 9.17) is 0 Å². The molecule has 0 aromatic rings. The highest BCUT2D eigenvalue weighted by atomic mass is 32.2. The second kappa shape index (κ2) is 7.40. The molecular formula is C15H30N2O3S. The van der Waals surface area contributed by atoms with Crippen LogP contribution in [0.2, 0.25) is 0 Å². The largest absolute Gasteiger partial charge is 0.396 e. The zero-order chi connectivity index (χ0) is 15.3. The summed E-state index contributed by atoms with van der Waals surface area (Å²) >= 11 is 0. The number of nitrogens with zero attached hydrogens (tertiary/aromatic N) is 1. The Morgan fingerprint density at radius 3 is 2.33 bits per heavy atom. The molecule has 2 N–H and O–H groups in total. The van der Waals surface area contributed by atoms with Crippen molar-refractivity contribution in [3.63, 3.8) is 0 Å². The molecule has 21 heavy (non-hydrogen) atoms. The van der Waals surface area contributed by atoms with Crippen LogP contribution in [0.4, 0.5) is 0 Å². The standard InChI is InChI=1S/C15H30N2O3S/c1-2-21(19,20)17-10-6-14(7-11-17)16-12-15(13-18)8-4-3-5-9-15/h14,16,18H,2-13H2,1H3. The van der Waals surface area contributed by atoms with Gasteiger partial charge in [0, 0.05) is 37.7 Å². The number of aliphatic hydroxyl groups is 1. The minimum absolute atomic E-state index is 0.0604. The summed E-state index contributed by atoms with van der Waals surface area (Å²) < 4.78 is 25.3. The van der Waals surface area contributed by atoms with E-state index < -0.39 is 10.0 Å². The van der Waals surface area contributed by atoms with Crippen LogP contribution >= 0.6 is 0 Å². The smallest absolute Gasteiger partial charge is 0.213 e. The second-order valence-electron chi connectivity index (χ2n) is 6.67. The molecule has 2 aliphatic rings. The van der Waals surface area contributed by atoms with E-state index in [1.165, 1.54) is 19.3 Å². The zero-order valence-corrected chi connectivity index (χ0v) is 14.0. The van der Waals surface area contributed by atoms with E-state index in [0.717, 1.165) is 32.2 Å². The molecule has 0 aromatic heterocycles. The SMILES string of the molecule is CCS(=O)(=O)N1CCC(NCC2(CO)CCCCC2)CC1. The maximum atomic E-state index is 11.8. The fourth-order valence-electron chi connectivity index (χ4n) is 3.57. The summed E-state index contributed by atoms with van der Waals surface area (Å²) in [5.74, 6) is 0.193. The Labute approximate surface area is 129 Å². The summed E-state index contributed by atoms with van der Waals surface area (Å²) in [6, 6.07) is 0.388. The first-order valence-corrected chi connectivity index (χ1v) is 9.94. The molecule has 0 atom stereocenters. The summed E-state index contributed by atoms with van der Waals surface area (Å²) in [4.78, 5) is 0. The lowest BCUT2D eigenvalue weighted by Crippen LogP contribution is -2.49. The van der Waals surface area contributed by atoms with Gasteiger partial charge in [-0.1, -0.05) is 19.3 Å². The van der Waals surface area contributed by atoms with Gasteiger partial charge in [0.15, 0.2) is 0 Å². The number of nitrogens with one attached hydrogen (secondary N) is 1. The first-order valence-electron chi connectivity index (χ1n) is 8.33. The van der Waals surface area contributed by atoms with Crippen LogP contribution in [0.1, 0.15) is 51.9 Å². The molecule has 6 heteroatoms. The fraction of sp³-hybridized carbons (Fsp3) is 1.00. The van der Waals surface area contributed by atoms with Crippen molar-refractivity contribution in [3.05, 3.63) is 0 Å². The van der Waals surface area contributed by atoms with E-state index in [1.807, 2.05) is 0 Å². The van der Waals surface area contributed by atoms with Crippen molar-refractivity contribution in [2.45, 2.75) is 57.9 Å². The van der Waals surface area contributed by atoms with Crippen LogP contribution in [0.5, 0.6) is 0 Å². The van der Waals surface area contributed by atoms with Crippen molar-refractivity contribution >= 4 is 10.0 Å². The van der Waals surface area contributed by atoms with Crippen molar-refractivity contribution in [3.8, 4) is 0 Å². The van der Waals surface area contributed by atoms with Gasteiger partial charge in [0.25, 0.3) is 0 Å². The van der Waals surface area contributed by atoms with Crippen LogP contribution in [0.25, 0.3) is 0 Å². The van der Waals surface area contributed by atoms with Gasteiger partial charge >= 0.3 is 0 Å². The average Bonchev–Trinajstić information content (AvgIpc) is 2.54. The molecule has 1 aliphatic carbocycles. The number of sulfonamides is 1. The second-order valence-corrected chi connectivity index (χ2v) is 8.93. The van der Waals surface area contributed by atoms with Crippen molar-refractivity contribution in [2.75, 3.05) is 32.0 Å².